The number of halogens is 6. The first-order chi connectivity index (χ1) is 13.5. The van der Waals surface area contributed by atoms with Gasteiger partial charge >= 0.3 is 12.4 Å². The van der Waals surface area contributed by atoms with Crippen LogP contribution in [0.4, 0.5) is 26.3 Å². The van der Waals surface area contributed by atoms with Crippen LogP contribution in [0.1, 0.15) is 36.7 Å². The summed E-state index contributed by atoms with van der Waals surface area (Å²) in [5.74, 6) is 0.261. The molecule has 29 heavy (non-hydrogen) atoms. The van der Waals surface area contributed by atoms with E-state index in [4.69, 9.17) is 4.42 Å². The van der Waals surface area contributed by atoms with Gasteiger partial charge in [-0.25, -0.2) is 15.0 Å². The number of hydrogen-bond donors (Lipinski definition) is 0. The third-order valence-corrected chi connectivity index (χ3v) is 4.37. The average molecular weight is 414 g/mol. The summed E-state index contributed by atoms with van der Waals surface area (Å²) < 4.78 is 86.2. The van der Waals surface area contributed by atoms with E-state index in [1.807, 2.05) is 13.8 Å². The maximum absolute atomic E-state index is 13.4. The van der Waals surface area contributed by atoms with Gasteiger partial charge in [0.15, 0.2) is 12.2 Å². The van der Waals surface area contributed by atoms with Crippen molar-refractivity contribution in [3.8, 4) is 11.5 Å². The minimum Gasteiger partial charge on any atom is -0.441 e. The Morgan fingerprint density at radius 1 is 1.00 bits per heavy atom. The van der Waals surface area contributed by atoms with Gasteiger partial charge in [0.25, 0.3) is 0 Å². The molecule has 0 aromatic carbocycles. The molecule has 0 aliphatic rings. The Kier molecular flexibility index (Phi) is 4.10. The molecule has 4 heterocycles. The van der Waals surface area contributed by atoms with E-state index in [1.165, 1.54) is 18.7 Å². The Morgan fingerprint density at radius 3 is 2.34 bits per heavy atom. The molecule has 4 rings (SSSR count). The van der Waals surface area contributed by atoms with Gasteiger partial charge in [0.05, 0.1) is 11.3 Å². The van der Waals surface area contributed by atoms with E-state index < -0.39 is 34.6 Å². The molecule has 0 fully saturated rings. The molecule has 0 spiro atoms. The number of hydrogen-bond acceptors (Lipinski definition) is 4. The highest BCUT2D eigenvalue weighted by Crippen LogP contribution is 2.39. The number of oxazole rings is 1. The summed E-state index contributed by atoms with van der Waals surface area (Å²) >= 11 is 0. The van der Waals surface area contributed by atoms with Crippen molar-refractivity contribution in [3.05, 3.63) is 47.7 Å². The molecule has 0 saturated carbocycles. The Balaban J connectivity index is 2.05. The molecule has 0 N–H and O–H groups in total. The largest absolute Gasteiger partial charge is 0.441 e. The number of fused-ring (bicyclic) bond motifs is 3. The van der Waals surface area contributed by atoms with Gasteiger partial charge in [-0.1, -0.05) is 13.8 Å². The highest BCUT2D eigenvalue weighted by atomic mass is 19.4. The molecule has 5 nitrogen and oxygen atoms in total. The van der Waals surface area contributed by atoms with Gasteiger partial charge in [-0.2, -0.15) is 26.3 Å². The van der Waals surface area contributed by atoms with Crippen molar-refractivity contribution in [2.24, 2.45) is 0 Å². The first-order valence-corrected chi connectivity index (χ1v) is 8.38. The third-order valence-electron chi connectivity index (χ3n) is 4.37. The van der Waals surface area contributed by atoms with Crippen molar-refractivity contribution >= 4 is 16.7 Å². The molecule has 0 radical (unpaired) electrons. The molecule has 0 aliphatic heterocycles. The normalized spacial score (nSPS) is 13.1. The van der Waals surface area contributed by atoms with E-state index in [0.717, 1.165) is 10.5 Å². The van der Waals surface area contributed by atoms with Gasteiger partial charge in [0.1, 0.15) is 22.7 Å². The lowest BCUT2D eigenvalue weighted by molar-refractivity contribution is -0.144. The lowest BCUT2D eigenvalue weighted by atomic mass is 10.1. The predicted octanol–water partition coefficient (Wildman–Crippen LogP) is 5.70. The van der Waals surface area contributed by atoms with Gasteiger partial charge in [0, 0.05) is 11.6 Å². The van der Waals surface area contributed by atoms with Crippen LogP contribution in [-0.2, 0) is 12.4 Å². The third kappa shape index (κ3) is 3.19. The van der Waals surface area contributed by atoms with Crippen LogP contribution in [0.15, 0.2) is 35.2 Å². The summed E-state index contributed by atoms with van der Waals surface area (Å²) in [6.45, 7) is 3.72. The topological polar surface area (TPSA) is 56.2 Å². The standard InChI is InChI=1S/C18H12F6N4O/c1-8(2)14-15(29-7-25-14)11-6-28-13(26-11)4-3-9-10(17(19,20)21)5-12(18(22,23)24)27-16(9)28/h3-8H,1-2H3. The van der Waals surface area contributed by atoms with Crippen LogP contribution in [0, 0.1) is 0 Å². The lowest BCUT2D eigenvalue weighted by Crippen LogP contribution is -2.14. The van der Waals surface area contributed by atoms with Crippen LogP contribution in [0.25, 0.3) is 28.1 Å². The van der Waals surface area contributed by atoms with E-state index in [0.29, 0.717) is 11.5 Å². The number of rotatable bonds is 2. The molecule has 0 atom stereocenters. The fraction of sp³-hybridized carbons (Fsp3) is 0.278. The van der Waals surface area contributed by atoms with Crippen LogP contribution in [0.3, 0.4) is 0 Å². The first-order valence-electron chi connectivity index (χ1n) is 8.38. The molecule has 4 aromatic rings. The summed E-state index contributed by atoms with van der Waals surface area (Å²) in [5, 5.41) is -0.469. The van der Waals surface area contributed by atoms with Gasteiger partial charge in [0.2, 0.25) is 0 Å². The molecule has 0 unspecified atom stereocenters. The molecule has 0 saturated heterocycles. The SMILES string of the molecule is CC(C)c1ncoc1-c1cn2c(ccc3c(C(F)(F)F)cc(C(F)(F)F)nc32)n1. The number of aromatic nitrogens is 4. The van der Waals surface area contributed by atoms with E-state index in [-0.39, 0.29) is 23.3 Å². The van der Waals surface area contributed by atoms with Crippen LogP contribution in [0.5, 0.6) is 0 Å². The van der Waals surface area contributed by atoms with Crippen LogP contribution in [-0.4, -0.2) is 19.4 Å². The number of pyridine rings is 2. The molecule has 11 heteroatoms. The van der Waals surface area contributed by atoms with Crippen molar-refractivity contribution in [2.75, 3.05) is 0 Å². The molecule has 0 aliphatic carbocycles. The summed E-state index contributed by atoms with van der Waals surface area (Å²) in [4.78, 5) is 11.8. The van der Waals surface area contributed by atoms with E-state index in [1.54, 1.807) is 0 Å². The van der Waals surface area contributed by atoms with Crippen LogP contribution >= 0.6 is 0 Å². The quantitative estimate of drug-likeness (QED) is 0.395. The molecule has 0 bridgehead atoms. The predicted molar refractivity (Wildman–Crippen MR) is 90.1 cm³/mol. The molecule has 0 amide bonds. The van der Waals surface area contributed by atoms with Crippen molar-refractivity contribution < 1.29 is 30.8 Å². The molecular weight excluding hydrogens is 402 g/mol. The second-order valence-electron chi connectivity index (χ2n) is 6.70. The van der Waals surface area contributed by atoms with Crippen molar-refractivity contribution in [2.45, 2.75) is 32.1 Å². The second-order valence-corrected chi connectivity index (χ2v) is 6.70. The van der Waals surface area contributed by atoms with E-state index in [2.05, 4.69) is 15.0 Å². The van der Waals surface area contributed by atoms with Crippen LogP contribution in [0.2, 0.25) is 0 Å². The van der Waals surface area contributed by atoms with Crippen molar-refractivity contribution in [1.29, 1.82) is 0 Å². The van der Waals surface area contributed by atoms with Gasteiger partial charge in [-0.15, -0.1) is 0 Å². The maximum Gasteiger partial charge on any atom is 0.433 e. The fourth-order valence-corrected chi connectivity index (χ4v) is 3.08. The average Bonchev–Trinajstić information content (AvgIpc) is 3.25. The summed E-state index contributed by atoms with van der Waals surface area (Å²) in [6.07, 6.45) is -7.55. The molecule has 152 valence electrons. The van der Waals surface area contributed by atoms with E-state index >= 15 is 0 Å². The zero-order valence-electron chi connectivity index (χ0n) is 14.9. The Labute approximate surface area is 159 Å². The van der Waals surface area contributed by atoms with Crippen molar-refractivity contribution in [3.63, 3.8) is 0 Å². The highest BCUT2D eigenvalue weighted by Gasteiger charge is 2.39. The zero-order valence-corrected chi connectivity index (χ0v) is 14.9. The highest BCUT2D eigenvalue weighted by molar-refractivity contribution is 5.83. The minimum absolute atomic E-state index is 0.0132. The monoisotopic (exact) mass is 414 g/mol. The minimum atomic E-state index is -5.05. The summed E-state index contributed by atoms with van der Waals surface area (Å²) in [7, 11) is 0. The number of nitrogens with zero attached hydrogens (tertiary/aromatic N) is 4. The molecule has 4 aromatic heterocycles. The van der Waals surface area contributed by atoms with Crippen molar-refractivity contribution in [1.82, 2.24) is 19.4 Å². The summed E-state index contributed by atoms with van der Waals surface area (Å²) in [6, 6.07) is 2.35. The van der Waals surface area contributed by atoms with E-state index in [9.17, 15) is 26.3 Å². The zero-order chi connectivity index (χ0) is 21.1. The smallest absolute Gasteiger partial charge is 0.433 e. The van der Waals surface area contributed by atoms with Gasteiger partial charge < -0.3 is 4.42 Å². The second kappa shape index (κ2) is 6.19. The Bertz CT molecular complexity index is 1220. The lowest BCUT2D eigenvalue weighted by Gasteiger charge is -2.14. The maximum atomic E-state index is 13.4. The fourth-order valence-electron chi connectivity index (χ4n) is 3.08. The summed E-state index contributed by atoms with van der Waals surface area (Å²) in [5.41, 5.74) is -2.64. The van der Waals surface area contributed by atoms with Gasteiger partial charge in [-0.3, -0.25) is 4.40 Å². The first kappa shape index (κ1) is 19.2. The Morgan fingerprint density at radius 2 is 1.72 bits per heavy atom. The van der Waals surface area contributed by atoms with Gasteiger partial charge in [-0.05, 0) is 24.1 Å². The Hall–Kier alpha value is -3.11. The van der Waals surface area contributed by atoms with Crippen LogP contribution < -0.4 is 0 Å². The number of imidazole rings is 1. The number of alkyl halides is 6. The molecular formula is C18H12F6N4O.